The normalized spacial score (nSPS) is 18.8. The number of hydrogen-bond donors (Lipinski definition) is 2. The molecular formula is C12H17F2N3O. The summed E-state index contributed by atoms with van der Waals surface area (Å²) in [6, 6.07) is 3.70. The molecular weight excluding hydrogens is 240 g/mol. The number of rotatable bonds is 4. The van der Waals surface area contributed by atoms with Gasteiger partial charge in [0, 0.05) is 25.2 Å². The molecule has 100 valence electrons. The molecule has 0 aliphatic carbocycles. The first-order chi connectivity index (χ1) is 8.72. The van der Waals surface area contributed by atoms with E-state index < -0.39 is 17.7 Å². The van der Waals surface area contributed by atoms with Crippen molar-refractivity contribution in [1.29, 1.82) is 0 Å². The lowest BCUT2D eigenvalue weighted by atomic mass is 10.1. The van der Waals surface area contributed by atoms with E-state index in [-0.39, 0.29) is 12.1 Å². The zero-order valence-electron chi connectivity index (χ0n) is 10.0. The molecule has 1 aliphatic rings. The van der Waals surface area contributed by atoms with E-state index >= 15 is 0 Å². The maximum absolute atomic E-state index is 13.7. The lowest BCUT2D eigenvalue weighted by Gasteiger charge is -2.31. The quantitative estimate of drug-likeness (QED) is 0.838. The average molecular weight is 257 g/mol. The maximum atomic E-state index is 13.7. The Balaban J connectivity index is 2.09. The van der Waals surface area contributed by atoms with E-state index in [1.54, 1.807) is 6.07 Å². The van der Waals surface area contributed by atoms with Gasteiger partial charge in [-0.1, -0.05) is 12.1 Å². The second-order valence-electron chi connectivity index (χ2n) is 4.16. The molecule has 0 saturated carbocycles. The number of nitrogens with one attached hydrogen (secondary N) is 1. The van der Waals surface area contributed by atoms with Crippen molar-refractivity contribution < 1.29 is 13.5 Å². The molecule has 1 atom stereocenters. The van der Waals surface area contributed by atoms with Crippen LogP contribution in [0.2, 0.25) is 0 Å². The fourth-order valence-electron chi connectivity index (χ4n) is 1.95. The minimum Gasteiger partial charge on any atom is -0.379 e. The SMILES string of the molecule is NCC(NN1CCOCC1)c1cccc(F)c1F. The van der Waals surface area contributed by atoms with Crippen molar-refractivity contribution in [3.8, 4) is 0 Å². The van der Waals surface area contributed by atoms with Crippen LogP contribution in [0.25, 0.3) is 0 Å². The van der Waals surface area contributed by atoms with Crippen LogP contribution in [0.1, 0.15) is 11.6 Å². The van der Waals surface area contributed by atoms with Gasteiger partial charge in [-0.15, -0.1) is 0 Å². The number of benzene rings is 1. The van der Waals surface area contributed by atoms with Crippen LogP contribution < -0.4 is 11.2 Å². The van der Waals surface area contributed by atoms with E-state index in [0.717, 1.165) is 6.07 Å². The zero-order valence-corrected chi connectivity index (χ0v) is 10.0. The Morgan fingerprint density at radius 1 is 1.33 bits per heavy atom. The van der Waals surface area contributed by atoms with Gasteiger partial charge in [0.2, 0.25) is 0 Å². The predicted octanol–water partition coefficient (Wildman–Crippen LogP) is 0.801. The molecule has 0 bridgehead atoms. The Morgan fingerprint density at radius 3 is 2.72 bits per heavy atom. The van der Waals surface area contributed by atoms with Gasteiger partial charge in [-0.2, -0.15) is 0 Å². The summed E-state index contributed by atoms with van der Waals surface area (Å²) in [7, 11) is 0. The van der Waals surface area contributed by atoms with Crippen LogP contribution >= 0.6 is 0 Å². The van der Waals surface area contributed by atoms with E-state index in [1.165, 1.54) is 6.07 Å². The maximum Gasteiger partial charge on any atom is 0.163 e. The summed E-state index contributed by atoms with van der Waals surface area (Å²) in [5.74, 6) is -1.69. The number of ether oxygens (including phenoxy) is 1. The third kappa shape index (κ3) is 3.02. The first-order valence-corrected chi connectivity index (χ1v) is 5.95. The largest absolute Gasteiger partial charge is 0.379 e. The van der Waals surface area contributed by atoms with Gasteiger partial charge in [0.1, 0.15) is 0 Å². The van der Waals surface area contributed by atoms with Gasteiger partial charge in [0.05, 0.1) is 19.3 Å². The number of halogens is 2. The molecule has 18 heavy (non-hydrogen) atoms. The summed E-state index contributed by atoms with van der Waals surface area (Å²) >= 11 is 0. The third-order valence-corrected chi connectivity index (χ3v) is 2.94. The lowest BCUT2D eigenvalue weighted by molar-refractivity contribution is 0.00374. The molecule has 4 nitrogen and oxygen atoms in total. The molecule has 6 heteroatoms. The van der Waals surface area contributed by atoms with E-state index in [4.69, 9.17) is 10.5 Å². The molecule has 2 rings (SSSR count). The van der Waals surface area contributed by atoms with Crippen molar-refractivity contribution in [3.05, 3.63) is 35.4 Å². The number of hydrogen-bond acceptors (Lipinski definition) is 4. The van der Waals surface area contributed by atoms with Crippen LogP contribution in [0.5, 0.6) is 0 Å². The number of hydrazine groups is 1. The monoisotopic (exact) mass is 257 g/mol. The summed E-state index contributed by atoms with van der Waals surface area (Å²) in [6.45, 7) is 2.84. The predicted molar refractivity (Wildman–Crippen MR) is 63.7 cm³/mol. The highest BCUT2D eigenvalue weighted by Crippen LogP contribution is 2.19. The van der Waals surface area contributed by atoms with Crippen molar-refractivity contribution >= 4 is 0 Å². The zero-order chi connectivity index (χ0) is 13.0. The summed E-state index contributed by atoms with van der Waals surface area (Å²) < 4.78 is 32.1. The number of morpholine rings is 1. The van der Waals surface area contributed by atoms with Gasteiger partial charge in [-0.25, -0.2) is 19.2 Å². The lowest BCUT2D eigenvalue weighted by Crippen LogP contribution is -2.48. The Bertz CT molecular complexity index is 397. The van der Waals surface area contributed by atoms with E-state index in [9.17, 15) is 8.78 Å². The first-order valence-electron chi connectivity index (χ1n) is 5.95. The molecule has 0 amide bonds. The van der Waals surface area contributed by atoms with Crippen LogP contribution in [0.4, 0.5) is 8.78 Å². The van der Waals surface area contributed by atoms with Gasteiger partial charge in [0.25, 0.3) is 0 Å². The second-order valence-corrected chi connectivity index (χ2v) is 4.16. The fraction of sp³-hybridized carbons (Fsp3) is 0.500. The van der Waals surface area contributed by atoms with Crippen molar-refractivity contribution in [3.63, 3.8) is 0 Å². The molecule has 1 heterocycles. The standard InChI is InChI=1S/C12H17F2N3O/c13-10-3-1-2-9(12(10)14)11(8-15)16-17-4-6-18-7-5-17/h1-3,11,16H,4-8,15H2. The number of nitrogens with zero attached hydrogens (tertiary/aromatic N) is 1. The Kier molecular flexibility index (Phi) is 4.60. The topological polar surface area (TPSA) is 50.5 Å². The van der Waals surface area contributed by atoms with E-state index in [2.05, 4.69) is 5.43 Å². The van der Waals surface area contributed by atoms with Crippen molar-refractivity contribution in [2.24, 2.45) is 5.73 Å². The van der Waals surface area contributed by atoms with Crippen LogP contribution in [0, 0.1) is 11.6 Å². The summed E-state index contributed by atoms with van der Waals surface area (Å²) in [4.78, 5) is 0. The minimum absolute atomic E-state index is 0.192. The molecule has 3 N–H and O–H groups in total. The van der Waals surface area contributed by atoms with Gasteiger partial charge < -0.3 is 10.5 Å². The van der Waals surface area contributed by atoms with Crippen LogP contribution in [-0.4, -0.2) is 37.9 Å². The van der Waals surface area contributed by atoms with E-state index in [1.807, 2.05) is 5.01 Å². The first kappa shape index (κ1) is 13.4. The molecule has 1 saturated heterocycles. The smallest absolute Gasteiger partial charge is 0.163 e. The second kappa shape index (κ2) is 6.19. The van der Waals surface area contributed by atoms with Crippen LogP contribution in [0.15, 0.2) is 18.2 Å². The van der Waals surface area contributed by atoms with Crippen molar-refractivity contribution in [2.75, 3.05) is 32.8 Å². The van der Waals surface area contributed by atoms with Crippen molar-refractivity contribution in [1.82, 2.24) is 10.4 Å². The molecule has 1 fully saturated rings. The minimum atomic E-state index is -0.852. The molecule has 1 aliphatic heterocycles. The van der Waals surface area contributed by atoms with Gasteiger partial charge in [-0.3, -0.25) is 0 Å². The highest BCUT2D eigenvalue weighted by atomic mass is 19.2. The molecule has 1 aromatic carbocycles. The number of nitrogens with two attached hydrogens (primary N) is 1. The summed E-state index contributed by atoms with van der Waals surface area (Å²) in [5, 5.41) is 1.92. The van der Waals surface area contributed by atoms with Gasteiger partial charge in [-0.05, 0) is 6.07 Å². The highest BCUT2D eigenvalue weighted by Gasteiger charge is 2.20. The molecule has 0 spiro atoms. The Labute approximate surface area is 105 Å². The van der Waals surface area contributed by atoms with Gasteiger partial charge in [0.15, 0.2) is 11.6 Å². The molecule has 0 aromatic heterocycles. The molecule has 1 aromatic rings. The fourth-order valence-corrected chi connectivity index (χ4v) is 1.95. The van der Waals surface area contributed by atoms with Crippen LogP contribution in [0.3, 0.4) is 0 Å². The summed E-state index contributed by atoms with van der Waals surface area (Å²) in [5.41, 5.74) is 9.00. The highest BCUT2D eigenvalue weighted by molar-refractivity contribution is 5.22. The van der Waals surface area contributed by atoms with Gasteiger partial charge >= 0.3 is 0 Å². The Hall–Kier alpha value is -1.08. The average Bonchev–Trinajstić information content (AvgIpc) is 2.41. The Morgan fingerprint density at radius 2 is 2.06 bits per heavy atom. The van der Waals surface area contributed by atoms with Crippen LogP contribution in [-0.2, 0) is 4.74 Å². The molecule has 1 unspecified atom stereocenters. The third-order valence-electron chi connectivity index (χ3n) is 2.94. The summed E-state index contributed by atoms with van der Waals surface area (Å²) in [6.07, 6.45) is 0. The van der Waals surface area contributed by atoms with E-state index in [0.29, 0.717) is 26.3 Å². The molecule has 0 radical (unpaired) electrons. The van der Waals surface area contributed by atoms with Crippen molar-refractivity contribution in [2.45, 2.75) is 6.04 Å².